The van der Waals surface area contributed by atoms with Gasteiger partial charge in [-0.2, -0.15) is 0 Å². The van der Waals surface area contributed by atoms with Gasteiger partial charge in [0.15, 0.2) is 0 Å². The van der Waals surface area contributed by atoms with Crippen molar-refractivity contribution in [2.45, 2.75) is 25.6 Å². The molecule has 1 N–H and O–H groups in total. The van der Waals surface area contributed by atoms with Crippen LogP contribution in [-0.2, 0) is 17.8 Å². The molecule has 0 radical (unpaired) electrons. The van der Waals surface area contributed by atoms with Crippen molar-refractivity contribution < 1.29 is 14.6 Å². The van der Waals surface area contributed by atoms with Crippen LogP contribution in [0.2, 0.25) is 0 Å². The molecule has 4 heteroatoms. The number of benzene rings is 1. The zero-order chi connectivity index (χ0) is 11.8. The van der Waals surface area contributed by atoms with Crippen LogP contribution in [-0.4, -0.2) is 35.2 Å². The number of carboxylic acids is 1. The largest absolute Gasteiger partial charge is 0.478 e. The summed E-state index contributed by atoms with van der Waals surface area (Å²) in [5.41, 5.74) is 2.78. The molecule has 90 valence electrons. The average molecular weight is 233 g/mol. The molecule has 1 aromatic carbocycles. The van der Waals surface area contributed by atoms with Crippen molar-refractivity contribution >= 4 is 5.97 Å². The number of nitrogens with zero attached hydrogens (tertiary/aromatic N) is 1. The highest BCUT2D eigenvalue weighted by molar-refractivity contribution is 5.87. The number of rotatable bonds is 2. The highest BCUT2D eigenvalue weighted by Crippen LogP contribution is 2.28. The van der Waals surface area contributed by atoms with Crippen LogP contribution in [0.25, 0.3) is 0 Å². The molecule has 0 spiro atoms. The van der Waals surface area contributed by atoms with Gasteiger partial charge in [0.2, 0.25) is 0 Å². The van der Waals surface area contributed by atoms with Crippen molar-refractivity contribution in [3.63, 3.8) is 0 Å². The van der Waals surface area contributed by atoms with Gasteiger partial charge >= 0.3 is 5.97 Å². The summed E-state index contributed by atoms with van der Waals surface area (Å²) in [6.45, 7) is 3.42. The maximum absolute atomic E-state index is 10.9. The second-order valence-electron chi connectivity index (χ2n) is 4.71. The number of hydrogen-bond donors (Lipinski definition) is 1. The van der Waals surface area contributed by atoms with E-state index in [1.165, 1.54) is 5.56 Å². The van der Waals surface area contributed by atoms with Gasteiger partial charge < -0.3 is 9.84 Å². The number of ether oxygens (including phenoxy) is 1. The summed E-state index contributed by atoms with van der Waals surface area (Å²) in [6.07, 6.45) is 1.08. The van der Waals surface area contributed by atoms with E-state index >= 15 is 0 Å². The average Bonchev–Trinajstić information content (AvgIpc) is 2.96. The smallest absolute Gasteiger partial charge is 0.335 e. The van der Waals surface area contributed by atoms with Crippen LogP contribution >= 0.6 is 0 Å². The number of carbonyl (C=O) groups is 1. The third kappa shape index (κ3) is 1.94. The van der Waals surface area contributed by atoms with Crippen LogP contribution in [0, 0.1) is 0 Å². The molecule has 2 aliphatic rings. The monoisotopic (exact) mass is 233 g/mol. The summed E-state index contributed by atoms with van der Waals surface area (Å²) in [7, 11) is 0. The van der Waals surface area contributed by atoms with E-state index in [4.69, 9.17) is 9.84 Å². The SMILES string of the molecule is O=C(O)c1ccc2c(c1)CN(C1CCOC1)C2. The van der Waals surface area contributed by atoms with E-state index in [1.807, 2.05) is 6.07 Å². The van der Waals surface area contributed by atoms with E-state index in [0.29, 0.717) is 11.6 Å². The fraction of sp³-hybridized carbons (Fsp3) is 0.462. The van der Waals surface area contributed by atoms with Gasteiger partial charge in [-0.05, 0) is 29.7 Å². The molecule has 1 unspecified atom stereocenters. The second-order valence-corrected chi connectivity index (χ2v) is 4.71. The lowest BCUT2D eigenvalue weighted by molar-refractivity contribution is 0.0696. The highest BCUT2D eigenvalue weighted by atomic mass is 16.5. The van der Waals surface area contributed by atoms with E-state index in [1.54, 1.807) is 12.1 Å². The molecule has 1 fully saturated rings. The normalized spacial score (nSPS) is 23.9. The molecule has 0 aromatic heterocycles. The first kappa shape index (κ1) is 10.7. The Hall–Kier alpha value is -1.39. The lowest BCUT2D eigenvalue weighted by atomic mass is 10.1. The quantitative estimate of drug-likeness (QED) is 0.840. The Morgan fingerprint density at radius 3 is 2.88 bits per heavy atom. The topological polar surface area (TPSA) is 49.8 Å². The minimum Gasteiger partial charge on any atom is -0.478 e. The second kappa shape index (κ2) is 4.13. The van der Waals surface area contributed by atoms with Crippen molar-refractivity contribution in [1.82, 2.24) is 4.90 Å². The van der Waals surface area contributed by atoms with Crippen LogP contribution in [0.1, 0.15) is 27.9 Å². The van der Waals surface area contributed by atoms with E-state index in [-0.39, 0.29) is 0 Å². The Morgan fingerprint density at radius 2 is 2.18 bits per heavy atom. The van der Waals surface area contributed by atoms with Gasteiger partial charge in [-0.25, -0.2) is 4.79 Å². The Bertz CT molecular complexity index is 452. The van der Waals surface area contributed by atoms with E-state index < -0.39 is 5.97 Å². The fourth-order valence-corrected chi connectivity index (χ4v) is 2.62. The van der Waals surface area contributed by atoms with E-state index in [9.17, 15) is 4.79 Å². The fourth-order valence-electron chi connectivity index (χ4n) is 2.62. The standard InChI is InChI=1S/C13H15NO3/c15-13(16)9-1-2-10-6-14(7-11(10)5-9)12-3-4-17-8-12/h1-2,5,12H,3-4,6-8H2,(H,15,16). The lowest BCUT2D eigenvalue weighted by Gasteiger charge is -2.21. The first-order valence-electron chi connectivity index (χ1n) is 5.91. The molecular formula is C13H15NO3. The van der Waals surface area contributed by atoms with Crippen LogP contribution in [0.4, 0.5) is 0 Å². The van der Waals surface area contributed by atoms with Crippen LogP contribution < -0.4 is 0 Å². The molecule has 2 heterocycles. The Kier molecular flexibility index (Phi) is 2.61. The van der Waals surface area contributed by atoms with Crippen molar-refractivity contribution in [3.05, 3.63) is 34.9 Å². The summed E-state index contributed by atoms with van der Waals surface area (Å²) >= 11 is 0. The van der Waals surface area contributed by atoms with Crippen LogP contribution in [0.5, 0.6) is 0 Å². The minimum absolute atomic E-state index is 0.383. The molecular weight excluding hydrogens is 218 g/mol. The molecule has 4 nitrogen and oxygen atoms in total. The van der Waals surface area contributed by atoms with Crippen molar-refractivity contribution in [2.24, 2.45) is 0 Å². The van der Waals surface area contributed by atoms with Gasteiger partial charge in [-0.3, -0.25) is 4.90 Å². The zero-order valence-electron chi connectivity index (χ0n) is 9.56. The van der Waals surface area contributed by atoms with Gasteiger partial charge in [-0.1, -0.05) is 6.07 Å². The van der Waals surface area contributed by atoms with Crippen molar-refractivity contribution in [2.75, 3.05) is 13.2 Å². The predicted molar refractivity (Wildman–Crippen MR) is 61.9 cm³/mol. The summed E-state index contributed by atoms with van der Waals surface area (Å²) in [5.74, 6) is -0.851. The third-order valence-electron chi connectivity index (χ3n) is 3.62. The summed E-state index contributed by atoms with van der Waals surface area (Å²) < 4.78 is 5.39. The first-order valence-corrected chi connectivity index (χ1v) is 5.91. The highest BCUT2D eigenvalue weighted by Gasteiger charge is 2.28. The van der Waals surface area contributed by atoms with Gasteiger partial charge in [0.05, 0.1) is 12.2 Å². The molecule has 1 aromatic rings. The lowest BCUT2D eigenvalue weighted by Crippen LogP contribution is -2.30. The molecule has 1 saturated heterocycles. The molecule has 17 heavy (non-hydrogen) atoms. The minimum atomic E-state index is -0.851. The molecule has 2 aliphatic heterocycles. The molecule has 0 saturated carbocycles. The third-order valence-corrected chi connectivity index (χ3v) is 3.62. The zero-order valence-corrected chi connectivity index (χ0v) is 9.56. The number of fused-ring (bicyclic) bond motifs is 1. The summed E-state index contributed by atoms with van der Waals surface area (Å²) in [6, 6.07) is 5.92. The van der Waals surface area contributed by atoms with E-state index in [2.05, 4.69) is 4.90 Å². The number of hydrogen-bond acceptors (Lipinski definition) is 3. The van der Waals surface area contributed by atoms with Crippen molar-refractivity contribution in [1.29, 1.82) is 0 Å². The Labute approximate surface area is 99.8 Å². The van der Waals surface area contributed by atoms with Gasteiger partial charge in [0.1, 0.15) is 0 Å². The molecule has 0 bridgehead atoms. The maximum Gasteiger partial charge on any atom is 0.335 e. The summed E-state index contributed by atoms with van der Waals surface area (Å²) in [5, 5.41) is 8.96. The Morgan fingerprint density at radius 1 is 1.35 bits per heavy atom. The van der Waals surface area contributed by atoms with Gasteiger partial charge in [0.25, 0.3) is 0 Å². The molecule has 0 aliphatic carbocycles. The van der Waals surface area contributed by atoms with Gasteiger partial charge in [-0.15, -0.1) is 0 Å². The van der Waals surface area contributed by atoms with Crippen LogP contribution in [0.15, 0.2) is 18.2 Å². The Balaban J connectivity index is 1.80. The molecule has 3 rings (SSSR count). The van der Waals surface area contributed by atoms with Gasteiger partial charge in [0, 0.05) is 25.7 Å². The number of carboxylic acid groups (broad SMARTS) is 1. The predicted octanol–water partition coefficient (Wildman–Crippen LogP) is 1.49. The maximum atomic E-state index is 10.9. The first-order chi connectivity index (χ1) is 8.24. The molecule has 0 amide bonds. The van der Waals surface area contributed by atoms with Crippen molar-refractivity contribution in [3.8, 4) is 0 Å². The van der Waals surface area contributed by atoms with E-state index in [0.717, 1.165) is 38.3 Å². The number of aromatic carboxylic acids is 1. The van der Waals surface area contributed by atoms with Crippen LogP contribution in [0.3, 0.4) is 0 Å². The summed E-state index contributed by atoms with van der Waals surface area (Å²) in [4.78, 5) is 13.3. The molecule has 1 atom stereocenters.